The Labute approximate surface area is 138 Å². The van der Waals surface area contributed by atoms with Crippen LogP contribution < -0.4 is 11.1 Å². The van der Waals surface area contributed by atoms with Crippen LogP contribution in [0.2, 0.25) is 0 Å². The van der Waals surface area contributed by atoms with Crippen molar-refractivity contribution in [3.8, 4) is 0 Å². The van der Waals surface area contributed by atoms with E-state index in [4.69, 9.17) is 5.73 Å². The molecule has 1 saturated carbocycles. The Kier molecular flexibility index (Phi) is 6.34. The molecule has 5 nitrogen and oxygen atoms in total. The van der Waals surface area contributed by atoms with Crippen LogP contribution in [-0.4, -0.2) is 40.2 Å². The second kappa shape index (κ2) is 7.80. The van der Waals surface area contributed by atoms with Crippen LogP contribution in [0.4, 0.5) is 0 Å². The SMILES string of the molecule is CCNC1(C(N)=O)CCCC1CCSc1nnc(SC)s1. The van der Waals surface area contributed by atoms with E-state index in [0.717, 1.165) is 46.7 Å². The first-order chi connectivity index (χ1) is 10.1. The van der Waals surface area contributed by atoms with Crippen LogP contribution in [0.1, 0.15) is 32.6 Å². The van der Waals surface area contributed by atoms with Crippen molar-refractivity contribution in [2.75, 3.05) is 18.6 Å². The van der Waals surface area contributed by atoms with Gasteiger partial charge in [-0.3, -0.25) is 4.79 Å². The molecule has 0 saturated heterocycles. The lowest BCUT2D eigenvalue weighted by atomic mass is 9.84. The standard InChI is InChI=1S/C13H22N4OS3/c1-3-15-13(10(14)18)7-4-5-9(13)6-8-20-12-17-16-11(19-2)21-12/h9,15H,3-8H2,1-2H3,(H2,14,18). The maximum Gasteiger partial charge on any atom is 0.238 e. The summed E-state index contributed by atoms with van der Waals surface area (Å²) in [4.78, 5) is 11.9. The molecule has 21 heavy (non-hydrogen) atoms. The highest BCUT2D eigenvalue weighted by atomic mass is 32.2. The number of thioether (sulfide) groups is 2. The van der Waals surface area contributed by atoms with Gasteiger partial charge in [0.25, 0.3) is 0 Å². The summed E-state index contributed by atoms with van der Waals surface area (Å²) in [5.74, 6) is 1.08. The van der Waals surface area contributed by atoms with E-state index in [9.17, 15) is 4.79 Å². The number of nitrogens with two attached hydrogens (primary N) is 1. The van der Waals surface area contributed by atoms with Gasteiger partial charge >= 0.3 is 0 Å². The lowest BCUT2D eigenvalue weighted by Gasteiger charge is -2.33. The number of hydrogen-bond donors (Lipinski definition) is 2. The number of nitrogens with zero attached hydrogens (tertiary/aromatic N) is 2. The average Bonchev–Trinajstić information content (AvgIpc) is 3.07. The highest BCUT2D eigenvalue weighted by molar-refractivity contribution is 8.02. The molecule has 1 amide bonds. The van der Waals surface area contributed by atoms with E-state index in [1.165, 1.54) is 0 Å². The van der Waals surface area contributed by atoms with Gasteiger partial charge in [0.2, 0.25) is 5.91 Å². The van der Waals surface area contributed by atoms with Crippen molar-refractivity contribution in [3.05, 3.63) is 0 Å². The van der Waals surface area contributed by atoms with E-state index in [1.807, 2.05) is 13.2 Å². The number of nitrogens with one attached hydrogen (secondary N) is 1. The molecule has 118 valence electrons. The summed E-state index contributed by atoms with van der Waals surface area (Å²) in [5, 5.41) is 11.6. The molecule has 1 aromatic rings. The minimum atomic E-state index is -0.499. The van der Waals surface area contributed by atoms with E-state index in [2.05, 4.69) is 15.5 Å². The number of primary amides is 1. The molecule has 2 atom stereocenters. The van der Waals surface area contributed by atoms with Crippen LogP contribution in [-0.2, 0) is 4.79 Å². The van der Waals surface area contributed by atoms with Gasteiger partial charge in [0, 0.05) is 5.75 Å². The fraction of sp³-hybridized carbons (Fsp3) is 0.769. The molecule has 0 bridgehead atoms. The molecule has 1 aromatic heterocycles. The van der Waals surface area contributed by atoms with E-state index in [-0.39, 0.29) is 5.91 Å². The molecule has 2 rings (SSSR count). The number of amides is 1. The largest absolute Gasteiger partial charge is 0.368 e. The van der Waals surface area contributed by atoms with Crippen molar-refractivity contribution < 1.29 is 4.79 Å². The number of hydrogen-bond acceptors (Lipinski definition) is 7. The maximum atomic E-state index is 11.9. The van der Waals surface area contributed by atoms with Gasteiger partial charge in [-0.15, -0.1) is 10.2 Å². The van der Waals surface area contributed by atoms with Gasteiger partial charge in [0.05, 0.1) is 0 Å². The summed E-state index contributed by atoms with van der Waals surface area (Å²) in [7, 11) is 0. The fourth-order valence-corrected chi connectivity index (χ4v) is 5.62. The van der Waals surface area contributed by atoms with Gasteiger partial charge in [0.15, 0.2) is 8.68 Å². The summed E-state index contributed by atoms with van der Waals surface area (Å²) in [6.45, 7) is 2.81. The molecule has 3 N–H and O–H groups in total. The zero-order chi connectivity index (χ0) is 15.3. The van der Waals surface area contributed by atoms with Gasteiger partial charge in [-0.2, -0.15) is 0 Å². The molecule has 0 radical (unpaired) electrons. The Hall–Kier alpha value is -0.310. The Bertz CT molecular complexity index is 482. The fourth-order valence-electron chi connectivity index (χ4n) is 3.05. The highest BCUT2D eigenvalue weighted by Gasteiger charge is 2.46. The maximum absolute atomic E-state index is 11.9. The summed E-state index contributed by atoms with van der Waals surface area (Å²) >= 11 is 4.97. The average molecular weight is 347 g/mol. The van der Waals surface area contributed by atoms with Crippen LogP contribution in [0, 0.1) is 5.92 Å². The Morgan fingerprint density at radius 1 is 1.52 bits per heavy atom. The third-order valence-electron chi connectivity index (χ3n) is 4.01. The minimum absolute atomic E-state index is 0.197. The second-order valence-electron chi connectivity index (χ2n) is 5.13. The van der Waals surface area contributed by atoms with Crippen molar-refractivity contribution in [2.24, 2.45) is 11.7 Å². The minimum Gasteiger partial charge on any atom is -0.368 e. The number of carbonyl (C=O) groups is 1. The normalized spacial score (nSPS) is 25.3. The molecule has 1 heterocycles. The van der Waals surface area contributed by atoms with Gasteiger partial charge in [0.1, 0.15) is 5.54 Å². The molecule has 1 fully saturated rings. The van der Waals surface area contributed by atoms with Crippen molar-refractivity contribution in [1.29, 1.82) is 0 Å². The summed E-state index contributed by atoms with van der Waals surface area (Å²) in [6.07, 6.45) is 5.99. The smallest absolute Gasteiger partial charge is 0.238 e. The molecule has 0 spiro atoms. The lowest BCUT2D eigenvalue weighted by Crippen LogP contribution is -2.57. The lowest BCUT2D eigenvalue weighted by molar-refractivity contribution is -0.125. The molecule has 1 aliphatic rings. The Morgan fingerprint density at radius 2 is 2.29 bits per heavy atom. The van der Waals surface area contributed by atoms with Gasteiger partial charge in [-0.1, -0.05) is 48.2 Å². The van der Waals surface area contributed by atoms with Crippen molar-refractivity contribution in [1.82, 2.24) is 15.5 Å². The molecule has 2 unspecified atom stereocenters. The Balaban J connectivity index is 1.90. The molecule has 1 aliphatic carbocycles. The first-order valence-electron chi connectivity index (χ1n) is 7.17. The molecule has 0 aliphatic heterocycles. The molecular formula is C13H22N4OS3. The molecule has 0 aromatic carbocycles. The van der Waals surface area contributed by atoms with Crippen LogP contribution >= 0.6 is 34.9 Å². The second-order valence-corrected chi connectivity index (χ2v) is 8.50. The van der Waals surface area contributed by atoms with E-state index in [1.54, 1.807) is 34.9 Å². The third kappa shape index (κ3) is 3.91. The summed E-state index contributed by atoms with van der Waals surface area (Å²) in [6, 6.07) is 0. The first-order valence-corrected chi connectivity index (χ1v) is 10.2. The first kappa shape index (κ1) is 17.1. The van der Waals surface area contributed by atoms with Crippen LogP contribution in [0.3, 0.4) is 0 Å². The summed E-state index contributed by atoms with van der Waals surface area (Å²) in [5.41, 5.74) is 5.18. The number of rotatable bonds is 8. The predicted molar refractivity (Wildman–Crippen MR) is 90.0 cm³/mol. The van der Waals surface area contributed by atoms with Crippen molar-refractivity contribution in [2.45, 2.75) is 46.8 Å². The highest BCUT2D eigenvalue weighted by Crippen LogP contribution is 2.39. The number of carbonyl (C=O) groups excluding carboxylic acids is 1. The molecular weight excluding hydrogens is 324 g/mol. The zero-order valence-corrected chi connectivity index (χ0v) is 14.9. The monoisotopic (exact) mass is 346 g/mol. The number of aromatic nitrogens is 2. The Morgan fingerprint density at radius 3 is 2.90 bits per heavy atom. The quantitative estimate of drug-likeness (QED) is 0.704. The van der Waals surface area contributed by atoms with E-state index in [0.29, 0.717) is 5.92 Å². The van der Waals surface area contributed by atoms with Gasteiger partial charge in [-0.25, -0.2) is 0 Å². The van der Waals surface area contributed by atoms with Gasteiger partial charge < -0.3 is 11.1 Å². The third-order valence-corrected chi connectivity index (χ3v) is 7.07. The van der Waals surface area contributed by atoms with Crippen LogP contribution in [0.25, 0.3) is 0 Å². The zero-order valence-electron chi connectivity index (χ0n) is 12.4. The van der Waals surface area contributed by atoms with Crippen molar-refractivity contribution in [3.63, 3.8) is 0 Å². The van der Waals surface area contributed by atoms with Crippen LogP contribution in [0.5, 0.6) is 0 Å². The van der Waals surface area contributed by atoms with Crippen molar-refractivity contribution >= 4 is 40.8 Å². The number of likely N-dealkylation sites (N-methyl/N-ethyl adjacent to an activating group) is 1. The van der Waals surface area contributed by atoms with E-state index < -0.39 is 5.54 Å². The van der Waals surface area contributed by atoms with E-state index >= 15 is 0 Å². The summed E-state index contributed by atoms with van der Waals surface area (Å²) < 4.78 is 2.00. The van der Waals surface area contributed by atoms with Gasteiger partial charge in [-0.05, 0) is 38.0 Å². The predicted octanol–water partition coefficient (Wildman–Crippen LogP) is 2.38. The molecule has 8 heteroatoms. The topological polar surface area (TPSA) is 80.9 Å². The van der Waals surface area contributed by atoms with Crippen LogP contribution in [0.15, 0.2) is 8.68 Å².